The Morgan fingerprint density at radius 2 is 1.84 bits per heavy atom. The standard InChI is InChI=1S/C15H12F5NO4/c16-13(17)4-7(5-13)25-10-3-8-9(22)6-14(23-1-2-24-14)11(8)12(21-10)15(18,19)20/h3,7H,1-2,4-6H2. The highest BCUT2D eigenvalue weighted by Crippen LogP contribution is 2.49. The lowest BCUT2D eigenvalue weighted by atomic mass is 9.91. The zero-order chi connectivity index (χ0) is 18.0. The third-order valence-electron chi connectivity index (χ3n) is 4.43. The predicted octanol–water partition coefficient (Wildman–Crippen LogP) is 3.06. The zero-order valence-corrected chi connectivity index (χ0v) is 12.7. The van der Waals surface area contributed by atoms with Gasteiger partial charge in [-0.05, 0) is 0 Å². The Kier molecular flexibility index (Phi) is 3.40. The van der Waals surface area contributed by atoms with Crippen molar-refractivity contribution >= 4 is 5.78 Å². The van der Waals surface area contributed by atoms with Gasteiger partial charge in [-0.15, -0.1) is 0 Å². The minimum atomic E-state index is -4.89. The molecule has 0 aromatic carbocycles. The number of carbonyl (C=O) groups is 1. The fourth-order valence-electron chi connectivity index (χ4n) is 3.35. The number of hydrogen-bond acceptors (Lipinski definition) is 5. The molecule has 2 fully saturated rings. The van der Waals surface area contributed by atoms with Crippen molar-refractivity contribution < 1.29 is 41.0 Å². The minimum absolute atomic E-state index is 0.0550. The Morgan fingerprint density at radius 3 is 2.40 bits per heavy atom. The highest BCUT2D eigenvalue weighted by Gasteiger charge is 2.55. The molecule has 0 atom stereocenters. The second-order valence-electron chi connectivity index (χ2n) is 6.28. The van der Waals surface area contributed by atoms with Crippen molar-refractivity contribution in [3.63, 3.8) is 0 Å². The van der Waals surface area contributed by atoms with Crippen LogP contribution in [0, 0.1) is 0 Å². The molecule has 2 heterocycles. The van der Waals surface area contributed by atoms with Gasteiger partial charge in [-0.2, -0.15) is 13.2 Å². The first-order valence-corrected chi connectivity index (χ1v) is 7.58. The van der Waals surface area contributed by atoms with E-state index in [0.717, 1.165) is 6.07 Å². The maximum Gasteiger partial charge on any atom is 0.433 e. The topological polar surface area (TPSA) is 57.7 Å². The van der Waals surface area contributed by atoms with Crippen LogP contribution in [0.5, 0.6) is 5.88 Å². The van der Waals surface area contributed by atoms with Gasteiger partial charge in [-0.3, -0.25) is 4.79 Å². The number of Topliss-reactive ketones (excluding diaryl/α,β-unsaturated/α-hetero) is 1. The molecule has 3 aliphatic rings. The van der Waals surface area contributed by atoms with E-state index in [0.29, 0.717) is 0 Å². The van der Waals surface area contributed by atoms with Gasteiger partial charge >= 0.3 is 6.18 Å². The number of nitrogens with zero attached hydrogens (tertiary/aromatic N) is 1. The number of pyridine rings is 1. The summed E-state index contributed by atoms with van der Waals surface area (Å²) in [7, 11) is 0. The van der Waals surface area contributed by atoms with Crippen molar-refractivity contribution in [2.75, 3.05) is 13.2 Å². The average Bonchev–Trinajstić information content (AvgIpc) is 3.02. The second-order valence-corrected chi connectivity index (χ2v) is 6.28. The van der Waals surface area contributed by atoms with Crippen molar-refractivity contribution in [3.05, 3.63) is 22.9 Å². The average molecular weight is 365 g/mol. The summed E-state index contributed by atoms with van der Waals surface area (Å²) in [6.45, 7) is 0.110. The smallest absolute Gasteiger partial charge is 0.433 e. The van der Waals surface area contributed by atoms with Crippen molar-refractivity contribution in [1.29, 1.82) is 0 Å². The van der Waals surface area contributed by atoms with Crippen LogP contribution < -0.4 is 4.74 Å². The van der Waals surface area contributed by atoms with Gasteiger partial charge in [0, 0.05) is 24.5 Å². The predicted molar refractivity (Wildman–Crippen MR) is 70.4 cm³/mol. The monoisotopic (exact) mass is 365 g/mol. The van der Waals surface area contributed by atoms with Gasteiger partial charge in [-0.1, -0.05) is 0 Å². The van der Waals surface area contributed by atoms with Crippen LogP contribution in [0.1, 0.15) is 40.9 Å². The summed E-state index contributed by atoms with van der Waals surface area (Å²) in [4.78, 5) is 15.6. The van der Waals surface area contributed by atoms with E-state index >= 15 is 0 Å². The summed E-state index contributed by atoms with van der Waals surface area (Å²) in [5.74, 6) is -5.78. The number of ketones is 1. The van der Waals surface area contributed by atoms with Crippen LogP contribution in [0.3, 0.4) is 0 Å². The van der Waals surface area contributed by atoms with E-state index in [4.69, 9.17) is 14.2 Å². The van der Waals surface area contributed by atoms with E-state index in [1.165, 1.54) is 0 Å². The molecule has 0 amide bonds. The van der Waals surface area contributed by atoms with Crippen LogP contribution in [-0.4, -0.2) is 36.0 Å². The van der Waals surface area contributed by atoms with E-state index in [2.05, 4.69) is 4.98 Å². The molecule has 2 aliphatic carbocycles. The van der Waals surface area contributed by atoms with Gasteiger partial charge in [0.1, 0.15) is 6.10 Å². The van der Waals surface area contributed by atoms with Gasteiger partial charge in [0.2, 0.25) is 11.7 Å². The lowest BCUT2D eigenvalue weighted by molar-refractivity contribution is -0.174. The quantitative estimate of drug-likeness (QED) is 0.754. The first-order chi connectivity index (χ1) is 11.6. The van der Waals surface area contributed by atoms with Crippen LogP contribution in [0.15, 0.2) is 6.07 Å². The van der Waals surface area contributed by atoms with E-state index in [1.807, 2.05) is 0 Å². The molecule has 1 aromatic rings. The number of ether oxygens (including phenoxy) is 3. The van der Waals surface area contributed by atoms with E-state index in [-0.39, 0.29) is 18.8 Å². The van der Waals surface area contributed by atoms with Crippen molar-refractivity contribution in [2.24, 2.45) is 0 Å². The Hall–Kier alpha value is -1.81. The number of fused-ring (bicyclic) bond motifs is 2. The maximum absolute atomic E-state index is 13.5. The summed E-state index contributed by atoms with van der Waals surface area (Å²) in [6.07, 6.45) is -7.42. The molecule has 5 nitrogen and oxygen atoms in total. The normalized spacial score (nSPS) is 24.4. The minimum Gasteiger partial charge on any atom is -0.474 e. The SMILES string of the molecule is O=C1CC2(OCCO2)c2c1cc(OC1CC(F)(F)C1)nc2C(F)(F)F. The highest BCUT2D eigenvalue weighted by atomic mass is 19.4. The first kappa shape index (κ1) is 16.6. The number of carbonyl (C=O) groups excluding carboxylic acids is 1. The van der Waals surface area contributed by atoms with Crippen LogP contribution in [0.25, 0.3) is 0 Å². The number of rotatable bonds is 2. The molecule has 25 heavy (non-hydrogen) atoms. The highest BCUT2D eigenvalue weighted by molar-refractivity contribution is 6.02. The second kappa shape index (κ2) is 5.10. The van der Waals surface area contributed by atoms with Gasteiger partial charge < -0.3 is 14.2 Å². The number of hydrogen-bond donors (Lipinski definition) is 0. The van der Waals surface area contributed by atoms with Gasteiger partial charge in [-0.25, -0.2) is 13.8 Å². The molecule has 1 saturated carbocycles. The summed E-state index contributed by atoms with van der Waals surface area (Å²) in [6, 6.07) is 1.04. The molecule has 0 bridgehead atoms. The summed E-state index contributed by atoms with van der Waals surface area (Å²) >= 11 is 0. The lowest BCUT2D eigenvalue weighted by Gasteiger charge is -2.34. The fourth-order valence-corrected chi connectivity index (χ4v) is 3.35. The molecule has 4 rings (SSSR count). The number of alkyl halides is 5. The molecule has 1 aliphatic heterocycles. The van der Waals surface area contributed by atoms with Gasteiger partial charge in [0.05, 0.1) is 25.2 Å². The van der Waals surface area contributed by atoms with Crippen LogP contribution in [0.2, 0.25) is 0 Å². The molecular weight excluding hydrogens is 353 g/mol. The van der Waals surface area contributed by atoms with E-state index in [9.17, 15) is 26.7 Å². The summed E-state index contributed by atoms with van der Waals surface area (Å²) in [5, 5.41) is 0. The maximum atomic E-state index is 13.5. The molecule has 1 aromatic heterocycles. The van der Waals surface area contributed by atoms with Crippen molar-refractivity contribution in [3.8, 4) is 5.88 Å². The molecule has 0 unspecified atom stereocenters. The summed E-state index contributed by atoms with van der Waals surface area (Å²) < 4.78 is 81.9. The first-order valence-electron chi connectivity index (χ1n) is 7.58. The van der Waals surface area contributed by atoms with Crippen LogP contribution in [-0.2, 0) is 21.4 Å². The van der Waals surface area contributed by atoms with Crippen LogP contribution in [0.4, 0.5) is 22.0 Å². The number of halogens is 5. The van der Waals surface area contributed by atoms with Gasteiger partial charge in [0.15, 0.2) is 11.5 Å². The Labute approximate surface area is 138 Å². The molecule has 1 saturated heterocycles. The Balaban J connectivity index is 1.76. The number of aromatic nitrogens is 1. The molecular formula is C15H12F5NO4. The fraction of sp³-hybridized carbons (Fsp3) is 0.600. The zero-order valence-electron chi connectivity index (χ0n) is 12.7. The summed E-state index contributed by atoms with van der Waals surface area (Å²) in [5.41, 5.74) is -2.07. The van der Waals surface area contributed by atoms with Crippen LogP contribution >= 0.6 is 0 Å². The molecule has 10 heteroatoms. The third kappa shape index (κ3) is 2.67. The Bertz CT molecular complexity index is 734. The Morgan fingerprint density at radius 1 is 1.20 bits per heavy atom. The largest absolute Gasteiger partial charge is 0.474 e. The third-order valence-corrected chi connectivity index (χ3v) is 4.43. The molecule has 0 radical (unpaired) electrons. The van der Waals surface area contributed by atoms with Crippen molar-refractivity contribution in [2.45, 2.75) is 43.3 Å². The van der Waals surface area contributed by atoms with Crippen molar-refractivity contribution in [1.82, 2.24) is 4.98 Å². The van der Waals surface area contributed by atoms with E-state index in [1.54, 1.807) is 0 Å². The molecule has 136 valence electrons. The molecule has 0 N–H and O–H groups in total. The van der Waals surface area contributed by atoms with E-state index < -0.39 is 66.2 Å². The van der Waals surface area contributed by atoms with Gasteiger partial charge in [0.25, 0.3) is 5.92 Å². The lowest BCUT2D eigenvalue weighted by Crippen LogP contribution is -2.43. The molecule has 1 spiro atoms.